The summed E-state index contributed by atoms with van der Waals surface area (Å²) in [4.78, 5) is 11.1. The predicted molar refractivity (Wildman–Crippen MR) is 84.2 cm³/mol. The van der Waals surface area contributed by atoms with Crippen molar-refractivity contribution in [2.24, 2.45) is 0 Å². The number of anilines is 1. The minimum atomic E-state index is -0.971. The second-order valence-electron chi connectivity index (χ2n) is 4.11. The number of carboxylic acid groups (broad SMARTS) is 1. The molecule has 0 aliphatic heterocycles. The SMILES string of the molecule is O=C(O)c1ccccc1NCc1cc(Br)c(O)c(Br)c1. The number of carboxylic acids is 1. The smallest absolute Gasteiger partial charge is 0.337 e. The number of aromatic hydroxyl groups is 1. The van der Waals surface area contributed by atoms with Crippen molar-refractivity contribution in [1.82, 2.24) is 0 Å². The molecule has 0 spiro atoms. The maximum absolute atomic E-state index is 11.1. The number of phenols is 1. The van der Waals surface area contributed by atoms with Crippen molar-refractivity contribution < 1.29 is 15.0 Å². The Bertz CT molecular complexity index is 636. The molecule has 0 fully saturated rings. The van der Waals surface area contributed by atoms with E-state index in [1.807, 2.05) is 0 Å². The van der Waals surface area contributed by atoms with Crippen LogP contribution in [-0.2, 0) is 6.54 Å². The molecule has 2 aromatic carbocycles. The first-order valence-corrected chi connectivity index (χ1v) is 7.30. The van der Waals surface area contributed by atoms with Gasteiger partial charge in [-0.2, -0.15) is 0 Å². The van der Waals surface area contributed by atoms with Gasteiger partial charge < -0.3 is 15.5 Å². The van der Waals surface area contributed by atoms with Crippen molar-refractivity contribution in [3.63, 3.8) is 0 Å². The molecule has 0 bridgehead atoms. The maximum Gasteiger partial charge on any atom is 0.337 e. The predicted octanol–water partition coefficient (Wildman–Crippen LogP) is 4.23. The summed E-state index contributed by atoms with van der Waals surface area (Å²) in [5.74, 6) is -0.833. The molecule has 0 aliphatic rings. The first kappa shape index (κ1) is 14.9. The Kier molecular flexibility index (Phi) is 4.67. The fourth-order valence-corrected chi connectivity index (χ4v) is 3.02. The van der Waals surface area contributed by atoms with Crippen LogP contribution in [0.15, 0.2) is 45.3 Å². The standard InChI is InChI=1S/C14H11Br2NO3/c15-10-5-8(6-11(16)13(10)18)7-17-12-4-2-1-3-9(12)14(19)20/h1-6,17-18H,7H2,(H,19,20). The normalized spacial score (nSPS) is 10.3. The molecule has 104 valence electrons. The Morgan fingerprint density at radius 2 is 1.75 bits per heavy atom. The fourth-order valence-electron chi connectivity index (χ4n) is 1.74. The summed E-state index contributed by atoms with van der Waals surface area (Å²) in [6.07, 6.45) is 0. The van der Waals surface area contributed by atoms with Crippen LogP contribution in [0.1, 0.15) is 15.9 Å². The van der Waals surface area contributed by atoms with Crippen molar-refractivity contribution in [2.75, 3.05) is 5.32 Å². The van der Waals surface area contributed by atoms with Crippen LogP contribution in [-0.4, -0.2) is 16.2 Å². The van der Waals surface area contributed by atoms with Crippen molar-refractivity contribution in [3.8, 4) is 5.75 Å². The highest BCUT2D eigenvalue weighted by Crippen LogP contribution is 2.33. The lowest BCUT2D eigenvalue weighted by molar-refractivity contribution is 0.0698. The van der Waals surface area contributed by atoms with Gasteiger partial charge in [-0.3, -0.25) is 0 Å². The molecule has 2 aromatic rings. The number of nitrogens with one attached hydrogen (secondary N) is 1. The van der Waals surface area contributed by atoms with Gasteiger partial charge in [0, 0.05) is 12.2 Å². The third-order valence-electron chi connectivity index (χ3n) is 2.72. The zero-order chi connectivity index (χ0) is 14.7. The third kappa shape index (κ3) is 3.32. The van der Waals surface area contributed by atoms with Crippen molar-refractivity contribution in [1.29, 1.82) is 0 Å². The van der Waals surface area contributed by atoms with Crippen LogP contribution in [0.5, 0.6) is 5.75 Å². The molecule has 4 nitrogen and oxygen atoms in total. The first-order chi connectivity index (χ1) is 9.49. The van der Waals surface area contributed by atoms with E-state index in [4.69, 9.17) is 5.11 Å². The second-order valence-corrected chi connectivity index (χ2v) is 5.82. The third-order valence-corrected chi connectivity index (χ3v) is 3.93. The summed E-state index contributed by atoms with van der Waals surface area (Å²) < 4.78 is 1.16. The zero-order valence-corrected chi connectivity index (χ0v) is 13.4. The van der Waals surface area contributed by atoms with E-state index in [2.05, 4.69) is 37.2 Å². The highest BCUT2D eigenvalue weighted by Gasteiger charge is 2.10. The summed E-state index contributed by atoms with van der Waals surface area (Å²) in [6, 6.07) is 10.3. The molecular formula is C14H11Br2NO3. The molecule has 0 unspecified atom stereocenters. The van der Waals surface area contributed by atoms with Gasteiger partial charge in [0.05, 0.1) is 14.5 Å². The van der Waals surface area contributed by atoms with Gasteiger partial charge in [-0.15, -0.1) is 0 Å². The molecule has 0 heterocycles. The average Bonchev–Trinajstić information content (AvgIpc) is 2.42. The van der Waals surface area contributed by atoms with Crippen LogP contribution in [0.2, 0.25) is 0 Å². The molecule has 0 radical (unpaired) electrons. The molecule has 6 heteroatoms. The van der Waals surface area contributed by atoms with E-state index < -0.39 is 5.97 Å². The zero-order valence-electron chi connectivity index (χ0n) is 10.2. The highest BCUT2D eigenvalue weighted by molar-refractivity contribution is 9.11. The monoisotopic (exact) mass is 399 g/mol. The summed E-state index contributed by atoms with van der Waals surface area (Å²) in [5, 5.41) is 21.8. The maximum atomic E-state index is 11.1. The molecule has 0 aromatic heterocycles. The van der Waals surface area contributed by atoms with Gasteiger partial charge in [-0.25, -0.2) is 4.79 Å². The number of hydrogen-bond donors (Lipinski definition) is 3. The van der Waals surface area contributed by atoms with Crippen LogP contribution in [0.3, 0.4) is 0 Å². The second kappa shape index (κ2) is 6.28. The average molecular weight is 401 g/mol. The number of aromatic carboxylic acids is 1. The van der Waals surface area contributed by atoms with E-state index in [1.165, 1.54) is 0 Å². The molecular weight excluding hydrogens is 390 g/mol. The van der Waals surface area contributed by atoms with E-state index in [0.29, 0.717) is 21.2 Å². The van der Waals surface area contributed by atoms with Crippen molar-refractivity contribution in [2.45, 2.75) is 6.54 Å². The lowest BCUT2D eigenvalue weighted by Gasteiger charge is -2.11. The van der Waals surface area contributed by atoms with E-state index in [9.17, 15) is 9.90 Å². The van der Waals surface area contributed by atoms with Gasteiger partial charge in [0.15, 0.2) is 0 Å². The molecule has 0 saturated heterocycles. The van der Waals surface area contributed by atoms with Crippen LogP contribution in [0.4, 0.5) is 5.69 Å². The Hall–Kier alpha value is -1.53. The lowest BCUT2D eigenvalue weighted by atomic mass is 10.1. The summed E-state index contributed by atoms with van der Waals surface area (Å²) in [6.45, 7) is 0.446. The van der Waals surface area contributed by atoms with Gasteiger partial charge in [0.25, 0.3) is 0 Å². The van der Waals surface area contributed by atoms with Crippen LogP contribution in [0.25, 0.3) is 0 Å². The molecule has 0 atom stereocenters. The number of benzene rings is 2. The fraction of sp³-hybridized carbons (Fsp3) is 0.0714. The van der Waals surface area contributed by atoms with E-state index in [-0.39, 0.29) is 11.3 Å². The van der Waals surface area contributed by atoms with Crippen LogP contribution < -0.4 is 5.32 Å². The highest BCUT2D eigenvalue weighted by atomic mass is 79.9. The minimum Gasteiger partial charge on any atom is -0.506 e. The number of phenolic OH excluding ortho intramolecular Hbond substituents is 1. The summed E-state index contributed by atoms with van der Waals surface area (Å²) >= 11 is 6.52. The summed E-state index contributed by atoms with van der Waals surface area (Å²) in [5.41, 5.74) is 1.69. The molecule has 0 aliphatic carbocycles. The lowest BCUT2D eigenvalue weighted by Crippen LogP contribution is -2.06. The van der Waals surface area contributed by atoms with Gasteiger partial charge in [0.1, 0.15) is 5.75 Å². The summed E-state index contributed by atoms with van der Waals surface area (Å²) in [7, 11) is 0. The Morgan fingerprint density at radius 1 is 1.15 bits per heavy atom. The van der Waals surface area contributed by atoms with Crippen molar-refractivity contribution >= 4 is 43.5 Å². The van der Waals surface area contributed by atoms with E-state index in [0.717, 1.165) is 5.56 Å². The van der Waals surface area contributed by atoms with Gasteiger partial charge >= 0.3 is 5.97 Å². The molecule has 20 heavy (non-hydrogen) atoms. The Morgan fingerprint density at radius 3 is 2.35 bits per heavy atom. The van der Waals surface area contributed by atoms with Crippen LogP contribution >= 0.6 is 31.9 Å². The van der Waals surface area contributed by atoms with Gasteiger partial charge in [-0.05, 0) is 61.7 Å². The largest absolute Gasteiger partial charge is 0.506 e. The minimum absolute atomic E-state index is 0.139. The Balaban J connectivity index is 2.19. The van der Waals surface area contributed by atoms with Crippen molar-refractivity contribution in [3.05, 3.63) is 56.5 Å². The quantitative estimate of drug-likeness (QED) is 0.718. The van der Waals surface area contributed by atoms with Gasteiger partial charge in [-0.1, -0.05) is 12.1 Å². The number of carbonyl (C=O) groups is 1. The first-order valence-electron chi connectivity index (χ1n) is 5.72. The molecule has 3 N–H and O–H groups in total. The molecule has 0 amide bonds. The van der Waals surface area contributed by atoms with E-state index in [1.54, 1.807) is 36.4 Å². The Labute approximate surface area is 132 Å². The number of halogens is 2. The van der Waals surface area contributed by atoms with Crippen LogP contribution in [0, 0.1) is 0 Å². The number of hydrogen-bond acceptors (Lipinski definition) is 3. The topological polar surface area (TPSA) is 69.6 Å². The van der Waals surface area contributed by atoms with Gasteiger partial charge in [0.2, 0.25) is 0 Å². The number of para-hydroxylation sites is 1. The molecule has 0 saturated carbocycles. The van der Waals surface area contributed by atoms with E-state index >= 15 is 0 Å². The molecule has 2 rings (SSSR count). The number of rotatable bonds is 4.